The SMILES string of the molecule is Cc1nn(-c2ccc(F)cc2)c(C)c1CC(=O)N1CCN(C(=O)c2cccc(C(F)(F)F)c2)CC1. The standard InChI is InChI=1S/C25H24F4N4O2/c1-16-22(17(2)33(30-16)21-8-6-20(26)7-9-21)15-23(34)31-10-12-32(13-11-31)24(35)18-4-3-5-19(14-18)25(27,28)29/h3-9,14H,10-13,15H2,1-2H3. The van der Waals surface area contributed by atoms with E-state index in [1.807, 2.05) is 6.92 Å². The topological polar surface area (TPSA) is 58.4 Å². The van der Waals surface area contributed by atoms with Crippen LogP contribution in [0.15, 0.2) is 48.5 Å². The van der Waals surface area contributed by atoms with Gasteiger partial charge in [0, 0.05) is 43.0 Å². The van der Waals surface area contributed by atoms with Crippen LogP contribution in [0.2, 0.25) is 0 Å². The van der Waals surface area contributed by atoms with Gasteiger partial charge in [0.05, 0.1) is 23.4 Å². The number of piperazine rings is 1. The van der Waals surface area contributed by atoms with Crippen molar-refractivity contribution in [2.75, 3.05) is 26.2 Å². The third kappa shape index (κ3) is 5.21. The molecule has 0 atom stereocenters. The summed E-state index contributed by atoms with van der Waals surface area (Å²) in [7, 11) is 0. The molecule has 6 nitrogen and oxygen atoms in total. The van der Waals surface area contributed by atoms with Crippen molar-refractivity contribution in [3.63, 3.8) is 0 Å². The van der Waals surface area contributed by atoms with Gasteiger partial charge in [0.2, 0.25) is 5.91 Å². The van der Waals surface area contributed by atoms with E-state index in [0.717, 1.165) is 23.4 Å². The average molecular weight is 488 g/mol. The Morgan fingerprint density at radius 2 is 1.57 bits per heavy atom. The van der Waals surface area contributed by atoms with Crippen molar-refractivity contribution < 1.29 is 27.2 Å². The lowest BCUT2D eigenvalue weighted by Crippen LogP contribution is -2.51. The lowest BCUT2D eigenvalue weighted by molar-refractivity contribution is -0.137. The number of aryl methyl sites for hydroxylation is 1. The summed E-state index contributed by atoms with van der Waals surface area (Å²) in [5, 5.41) is 4.49. The number of amides is 2. The van der Waals surface area contributed by atoms with Crippen molar-refractivity contribution in [3.8, 4) is 5.69 Å². The fraction of sp³-hybridized carbons (Fsp3) is 0.320. The zero-order valence-corrected chi connectivity index (χ0v) is 19.3. The Bertz CT molecular complexity index is 1240. The monoisotopic (exact) mass is 488 g/mol. The van der Waals surface area contributed by atoms with Crippen molar-refractivity contribution >= 4 is 11.8 Å². The molecule has 35 heavy (non-hydrogen) atoms. The molecular weight excluding hydrogens is 464 g/mol. The van der Waals surface area contributed by atoms with Crippen LogP contribution in [-0.2, 0) is 17.4 Å². The summed E-state index contributed by atoms with van der Waals surface area (Å²) >= 11 is 0. The van der Waals surface area contributed by atoms with Gasteiger partial charge in [0.15, 0.2) is 0 Å². The van der Waals surface area contributed by atoms with E-state index in [4.69, 9.17) is 0 Å². The molecule has 0 N–H and O–H groups in total. The van der Waals surface area contributed by atoms with E-state index in [0.29, 0.717) is 11.4 Å². The van der Waals surface area contributed by atoms with Crippen molar-refractivity contribution in [2.24, 2.45) is 0 Å². The maximum atomic E-state index is 13.3. The maximum absolute atomic E-state index is 13.3. The third-order valence-electron chi connectivity index (χ3n) is 6.20. The number of nitrogens with zero attached hydrogens (tertiary/aromatic N) is 4. The van der Waals surface area contributed by atoms with Gasteiger partial charge in [-0.2, -0.15) is 18.3 Å². The molecule has 1 aliphatic heterocycles. The van der Waals surface area contributed by atoms with E-state index in [-0.39, 0.29) is 49.9 Å². The van der Waals surface area contributed by atoms with Gasteiger partial charge in [0.1, 0.15) is 5.82 Å². The fourth-order valence-corrected chi connectivity index (χ4v) is 4.20. The summed E-state index contributed by atoms with van der Waals surface area (Å²) in [5.74, 6) is -0.965. The van der Waals surface area contributed by atoms with Crippen LogP contribution in [0.25, 0.3) is 5.69 Å². The molecule has 2 amide bonds. The quantitative estimate of drug-likeness (QED) is 0.518. The Morgan fingerprint density at radius 3 is 2.20 bits per heavy atom. The van der Waals surface area contributed by atoms with Gasteiger partial charge < -0.3 is 9.80 Å². The molecule has 1 fully saturated rings. The minimum Gasteiger partial charge on any atom is -0.339 e. The Kier molecular flexibility index (Phi) is 6.64. The van der Waals surface area contributed by atoms with Crippen LogP contribution in [-0.4, -0.2) is 57.6 Å². The predicted octanol–water partition coefficient (Wildman–Crippen LogP) is 4.17. The van der Waals surface area contributed by atoms with Gasteiger partial charge in [-0.15, -0.1) is 0 Å². The summed E-state index contributed by atoms with van der Waals surface area (Å²) in [4.78, 5) is 28.8. The molecule has 2 aromatic carbocycles. The maximum Gasteiger partial charge on any atom is 0.416 e. The highest BCUT2D eigenvalue weighted by molar-refractivity contribution is 5.94. The van der Waals surface area contributed by atoms with E-state index in [2.05, 4.69) is 5.10 Å². The molecule has 3 aromatic rings. The number of hydrogen-bond donors (Lipinski definition) is 0. The fourth-order valence-electron chi connectivity index (χ4n) is 4.20. The average Bonchev–Trinajstić information content (AvgIpc) is 3.12. The van der Waals surface area contributed by atoms with Gasteiger partial charge >= 0.3 is 6.18 Å². The second-order valence-corrected chi connectivity index (χ2v) is 8.47. The van der Waals surface area contributed by atoms with Gasteiger partial charge in [-0.25, -0.2) is 9.07 Å². The van der Waals surface area contributed by atoms with Crippen molar-refractivity contribution in [3.05, 3.63) is 82.4 Å². The zero-order valence-electron chi connectivity index (χ0n) is 19.3. The Morgan fingerprint density at radius 1 is 0.943 bits per heavy atom. The van der Waals surface area contributed by atoms with Crippen LogP contribution in [0.4, 0.5) is 17.6 Å². The molecule has 0 radical (unpaired) electrons. The largest absolute Gasteiger partial charge is 0.416 e. The minimum atomic E-state index is -4.53. The van der Waals surface area contributed by atoms with E-state index >= 15 is 0 Å². The zero-order chi connectivity index (χ0) is 25.3. The number of halogens is 4. The summed E-state index contributed by atoms with van der Waals surface area (Å²) in [6.07, 6.45) is -4.40. The van der Waals surface area contributed by atoms with Crippen molar-refractivity contribution in [1.29, 1.82) is 0 Å². The van der Waals surface area contributed by atoms with Crippen LogP contribution in [0.3, 0.4) is 0 Å². The number of carbonyl (C=O) groups excluding carboxylic acids is 2. The van der Waals surface area contributed by atoms with Crippen LogP contribution < -0.4 is 0 Å². The van der Waals surface area contributed by atoms with Crippen LogP contribution in [0.1, 0.15) is 32.9 Å². The lowest BCUT2D eigenvalue weighted by atomic mass is 10.1. The normalized spacial score (nSPS) is 14.3. The van der Waals surface area contributed by atoms with Crippen LogP contribution >= 0.6 is 0 Å². The molecule has 1 aliphatic rings. The molecule has 184 valence electrons. The molecule has 1 aromatic heterocycles. The number of rotatable bonds is 4. The van der Waals surface area contributed by atoms with E-state index in [9.17, 15) is 27.2 Å². The van der Waals surface area contributed by atoms with Gasteiger partial charge in [-0.05, 0) is 56.3 Å². The highest BCUT2D eigenvalue weighted by atomic mass is 19.4. The number of carbonyl (C=O) groups is 2. The molecule has 0 bridgehead atoms. The summed E-state index contributed by atoms with van der Waals surface area (Å²) in [6, 6.07) is 10.3. The van der Waals surface area contributed by atoms with Crippen LogP contribution in [0.5, 0.6) is 0 Å². The molecule has 2 heterocycles. The third-order valence-corrected chi connectivity index (χ3v) is 6.20. The first-order valence-corrected chi connectivity index (χ1v) is 11.1. The van der Waals surface area contributed by atoms with Gasteiger partial charge in [0.25, 0.3) is 5.91 Å². The molecule has 1 saturated heterocycles. The smallest absolute Gasteiger partial charge is 0.339 e. The molecule has 4 rings (SSSR count). The second kappa shape index (κ2) is 9.52. The Hall–Kier alpha value is -3.69. The van der Waals surface area contributed by atoms with Crippen molar-refractivity contribution in [2.45, 2.75) is 26.4 Å². The highest BCUT2D eigenvalue weighted by Crippen LogP contribution is 2.30. The molecule has 0 saturated carbocycles. The summed E-state index contributed by atoms with van der Waals surface area (Å²) in [6.45, 7) is 4.68. The van der Waals surface area contributed by atoms with E-state index < -0.39 is 17.6 Å². The van der Waals surface area contributed by atoms with Crippen LogP contribution in [0, 0.1) is 19.7 Å². The number of aromatic nitrogens is 2. The highest BCUT2D eigenvalue weighted by Gasteiger charge is 2.32. The molecule has 10 heteroatoms. The molecule has 0 spiro atoms. The lowest BCUT2D eigenvalue weighted by Gasteiger charge is -2.35. The van der Waals surface area contributed by atoms with E-state index in [1.54, 1.807) is 28.6 Å². The van der Waals surface area contributed by atoms with Crippen molar-refractivity contribution in [1.82, 2.24) is 19.6 Å². The minimum absolute atomic E-state index is 0.0286. The first-order chi connectivity index (χ1) is 16.5. The molecular formula is C25H24F4N4O2. The first-order valence-electron chi connectivity index (χ1n) is 11.1. The summed E-state index contributed by atoms with van der Waals surface area (Å²) in [5.41, 5.74) is 2.04. The Balaban J connectivity index is 1.40. The van der Waals surface area contributed by atoms with Gasteiger partial charge in [-0.1, -0.05) is 6.07 Å². The molecule has 0 unspecified atom stereocenters. The molecule has 0 aliphatic carbocycles. The first kappa shape index (κ1) is 24.4. The second-order valence-electron chi connectivity index (χ2n) is 8.47. The summed E-state index contributed by atoms with van der Waals surface area (Å²) < 4.78 is 53.8. The predicted molar refractivity (Wildman–Crippen MR) is 121 cm³/mol. The van der Waals surface area contributed by atoms with E-state index in [1.165, 1.54) is 29.2 Å². The Labute approximate surface area is 199 Å². The number of benzene rings is 2. The number of hydrogen-bond acceptors (Lipinski definition) is 3. The van der Waals surface area contributed by atoms with Gasteiger partial charge in [-0.3, -0.25) is 9.59 Å². The number of alkyl halides is 3.